The van der Waals surface area contributed by atoms with Crippen molar-refractivity contribution in [2.75, 3.05) is 5.75 Å². The number of fused-ring (bicyclic) bond motifs is 1. The standard InChI is InChI=1S/C22H17N5O2S/c28-20(26-24-14-16-8-6-7-13-23-16)15-30-22-25-19-12-5-4-11-18(19)21(29)27(22)17-9-2-1-3-10-17/h1-14H,15H2,(H,26,28)/b24-14-. The smallest absolute Gasteiger partial charge is 0.266 e. The quantitative estimate of drug-likeness (QED) is 0.226. The molecule has 8 heteroatoms. The lowest BCUT2D eigenvalue weighted by Gasteiger charge is -2.12. The second-order valence-corrected chi connectivity index (χ2v) is 7.17. The van der Waals surface area contributed by atoms with E-state index in [0.717, 1.165) is 0 Å². The van der Waals surface area contributed by atoms with Crippen molar-refractivity contribution >= 4 is 34.8 Å². The third kappa shape index (κ3) is 4.44. The molecule has 1 N–H and O–H groups in total. The summed E-state index contributed by atoms with van der Waals surface area (Å²) in [6, 6.07) is 21.8. The van der Waals surface area contributed by atoms with Crippen LogP contribution in [0.2, 0.25) is 0 Å². The van der Waals surface area contributed by atoms with Crippen LogP contribution in [0.15, 0.2) is 94.0 Å². The second-order valence-electron chi connectivity index (χ2n) is 6.22. The fourth-order valence-electron chi connectivity index (χ4n) is 2.80. The van der Waals surface area contributed by atoms with Gasteiger partial charge in [-0.15, -0.1) is 0 Å². The van der Waals surface area contributed by atoms with E-state index in [1.807, 2.05) is 42.5 Å². The Bertz CT molecular complexity index is 1260. The zero-order chi connectivity index (χ0) is 20.8. The molecular weight excluding hydrogens is 398 g/mol. The average molecular weight is 415 g/mol. The van der Waals surface area contributed by atoms with Gasteiger partial charge in [-0.3, -0.25) is 19.1 Å². The number of para-hydroxylation sites is 2. The molecule has 0 saturated heterocycles. The summed E-state index contributed by atoms with van der Waals surface area (Å²) < 4.78 is 1.53. The van der Waals surface area contributed by atoms with Crippen LogP contribution in [-0.4, -0.2) is 32.4 Å². The van der Waals surface area contributed by atoms with E-state index in [0.29, 0.717) is 27.4 Å². The normalized spacial score (nSPS) is 11.1. The van der Waals surface area contributed by atoms with E-state index in [2.05, 4.69) is 20.5 Å². The molecule has 0 fully saturated rings. The van der Waals surface area contributed by atoms with E-state index in [4.69, 9.17) is 0 Å². The van der Waals surface area contributed by atoms with E-state index in [9.17, 15) is 9.59 Å². The highest BCUT2D eigenvalue weighted by Gasteiger charge is 2.14. The van der Waals surface area contributed by atoms with Crippen molar-refractivity contribution in [2.24, 2.45) is 5.10 Å². The Labute approximate surface area is 176 Å². The molecule has 0 saturated carbocycles. The highest BCUT2D eigenvalue weighted by molar-refractivity contribution is 7.99. The van der Waals surface area contributed by atoms with E-state index in [1.165, 1.54) is 22.5 Å². The summed E-state index contributed by atoms with van der Waals surface area (Å²) in [5, 5.41) is 4.87. The minimum absolute atomic E-state index is 0.0528. The van der Waals surface area contributed by atoms with Crippen LogP contribution in [0.3, 0.4) is 0 Å². The molecule has 2 aromatic carbocycles. The molecule has 7 nitrogen and oxygen atoms in total. The number of benzene rings is 2. The van der Waals surface area contributed by atoms with Crippen LogP contribution in [0.5, 0.6) is 0 Å². The van der Waals surface area contributed by atoms with Crippen molar-refractivity contribution in [3.63, 3.8) is 0 Å². The number of aromatic nitrogens is 3. The fraction of sp³-hybridized carbons (Fsp3) is 0.0455. The topological polar surface area (TPSA) is 89.2 Å². The summed E-state index contributed by atoms with van der Waals surface area (Å²) in [5.41, 5.74) is 4.21. The highest BCUT2D eigenvalue weighted by Crippen LogP contribution is 2.21. The first-order chi connectivity index (χ1) is 14.7. The molecule has 0 bridgehead atoms. The Kier molecular flexibility index (Phi) is 5.95. The van der Waals surface area contributed by atoms with E-state index < -0.39 is 0 Å². The van der Waals surface area contributed by atoms with Crippen molar-refractivity contribution in [3.8, 4) is 5.69 Å². The minimum atomic E-state index is -0.311. The van der Waals surface area contributed by atoms with Crippen LogP contribution >= 0.6 is 11.8 Å². The summed E-state index contributed by atoms with van der Waals surface area (Å²) in [6.45, 7) is 0. The van der Waals surface area contributed by atoms with Crippen molar-refractivity contribution < 1.29 is 4.79 Å². The zero-order valence-corrected chi connectivity index (χ0v) is 16.6. The van der Waals surface area contributed by atoms with Crippen LogP contribution in [-0.2, 0) is 4.79 Å². The number of carbonyl (C=O) groups is 1. The van der Waals surface area contributed by atoms with E-state index >= 15 is 0 Å². The molecule has 0 unspecified atom stereocenters. The summed E-state index contributed by atoms with van der Waals surface area (Å²) in [6.07, 6.45) is 3.12. The summed E-state index contributed by atoms with van der Waals surface area (Å²) in [4.78, 5) is 34.0. The molecule has 1 amide bonds. The second kappa shape index (κ2) is 9.15. The van der Waals surface area contributed by atoms with Crippen molar-refractivity contribution in [1.29, 1.82) is 0 Å². The molecule has 0 radical (unpaired) electrons. The van der Waals surface area contributed by atoms with Crippen LogP contribution in [0, 0.1) is 0 Å². The molecule has 2 aromatic heterocycles. The number of carbonyl (C=O) groups excluding carboxylic acids is 1. The van der Waals surface area contributed by atoms with Gasteiger partial charge in [0.25, 0.3) is 11.5 Å². The Morgan fingerprint density at radius 3 is 2.60 bits per heavy atom. The number of pyridine rings is 1. The Morgan fingerprint density at radius 2 is 1.80 bits per heavy atom. The Hall–Kier alpha value is -3.78. The number of nitrogens with zero attached hydrogens (tertiary/aromatic N) is 4. The maximum absolute atomic E-state index is 13.1. The van der Waals surface area contributed by atoms with Gasteiger partial charge < -0.3 is 0 Å². The van der Waals surface area contributed by atoms with E-state index in [1.54, 1.807) is 36.5 Å². The molecule has 0 atom stereocenters. The van der Waals surface area contributed by atoms with Gasteiger partial charge in [0.05, 0.1) is 34.3 Å². The molecule has 0 aliphatic carbocycles. The number of rotatable bonds is 6. The summed E-state index contributed by atoms with van der Waals surface area (Å²) >= 11 is 1.18. The third-order valence-electron chi connectivity index (χ3n) is 4.17. The van der Waals surface area contributed by atoms with Crippen molar-refractivity contribution in [2.45, 2.75) is 5.16 Å². The summed E-state index contributed by atoms with van der Waals surface area (Å²) in [5.74, 6) is -0.258. The number of thioether (sulfide) groups is 1. The fourth-order valence-corrected chi connectivity index (χ4v) is 3.60. The van der Waals surface area contributed by atoms with Gasteiger partial charge in [-0.05, 0) is 36.4 Å². The van der Waals surface area contributed by atoms with Crippen molar-refractivity contribution in [3.05, 3.63) is 95.0 Å². The molecule has 0 spiro atoms. The Balaban J connectivity index is 1.57. The first-order valence-electron chi connectivity index (χ1n) is 9.15. The van der Waals surface area contributed by atoms with Crippen molar-refractivity contribution in [1.82, 2.24) is 20.0 Å². The van der Waals surface area contributed by atoms with Gasteiger partial charge in [0, 0.05) is 6.20 Å². The number of nitrogens with one attached hydrogen (secondary N) is 1. The van der Waals surface area contributed by atoms with Gasteiger partial charge in [-0.25, -0.2) is 10.4 Å². The van der Waals surface area contributed by atoms with Crippen LogP contribution < -0.4 is 11.0 Å². The monoisotopic (exact) mass is 415 g/mol. The first kappa shape index (κ1) is 19.5. The molecule has 2 heterocycles. The third-order valence-corrected chi connectivity index (χ3v) is 5.10. The van der Waals surface area contributed by atoms with Gasteiger partial charge in [0.15, 0.2) is 5.16 Å². The van der Waals surface area contributed by atoms with Crippen LogP contribution in [0.4, 0.5) is 0 Å². The molecule has 30 heavy (non-hydrogen) atoms. The van der Waals surface area contributed by atoms with E-state index in [-0.39, 0.29) is 17.2 Å². The zero-order valence-electron chi connectivity index (χ0n) is 15.8. The molecule has 4 rings (SSSR count). The maximum Gasteiger partial charge on any atom is 0.266 e. The average Bonchev–Trinajstić information content (AvgIpc) is 2.79. The van der Waals surface area contributed by atoms with Gasteiger partial charge in [-0.1, -0.05) is 48.2 Å². The molecule has 0 aliphatic rings. The molecule has 148 valence electrons. The van der Waals surface area contributed by atoms with Crippen LogP contribution in [0.25, 0.3) is 16.6 Å². The lowest BCUT2D eigenvalue weighted by Crippen LogP contribution is -2.24. The molecule has 4 aromatic rings. The van der Waals surface area contributed by atoms with Gasteiger partial charge in [-0.2, -0.15) is 5.10 Å². The number of hydrogen-bond donors (Lipinski definition) is 1. The van der Waals surface area contributed by atoms with Gasteiger partial charge in [0.2, 0.25) is 0 Å². The summed E-state index contributed by atoms with van der Waals surface area (Å²) in [7, 11) is 0. The lowest BCUT2D eigenvalue weighted by molar-refractivity contribution is -0.118. The first-order valence-corrected chi connectivity index (χ1v) is 10.1. The maximum atomic E-state index is 13.1. The Morgan fingerprint density at radius 1 is 1.03 bits per heavy atom. The SMILES string of the molecule is O=C(CSc1nc2ccccc2c(=O)n1-c1ccccc1)N/N=C\c1ccccn1. The predicted molar refractivity (Wildman–Crippen MR) is 118 cm³/mol. The number of hydrogen-bond acceptors (Lipinski definition) is 6. The highest BCUT2D eigenvalue weighted by atomic mass is 32.2. The largest absolute Gasteiger partial charge is 0.272 e. The minimum Gasteiger partial charge on any atom is -0.272 e. The lowest BCUT2D eigenvalue weighted by atomic mass is 10.2. The predicted octanol–water partition coefficient (Wildman–Crippen LogP) is 3.02. The number of hydrazone groups is 1. The molecule has 0 aliphatic heterocycles. The number of amides is 1. The van der Waals surface area contributed by atoms with Crippen LogP contribution in [0.1, 0.15) is 5.69 Å². The van der Waals surface area contributed by atoms with Gasteiger partial charge >= 0.3 is 0 Å². The molecular formula is C22H17N5O2S. The van der Waals surface area contributed by atoms with Gasteiger partial charge in [0.1, 0.15) is 0 Å².